The summed E-state index contributed by atoms with van der Waals surface area (Å²) in [6.45, 7) is 3.35. The smallest absolute Gasteiger partial charge is 0.244 e. The van der Waals surface area contributed by atoms with Gasteiger partial charge >= 0.3 is 0 Å². The van der Waals surface area contributed by atoms with Crippen LogP contribution >= 0.6 is 0 Å². The fraction of sp³-hybridized carbons (Fsp3) is 0.529. The van der Waals surface area contributed by atoms with Gasteiger partial charge in [0.15, 0.2) is 0 Å². The number of piperazine rings is 1. The largest absolute Gasteiger partial charge is 0.352 e. The van der Waals surface area contributed by atoms with Gasteiger partial charge in [0.05, 0.1) is 12.1 Å². The molecular weight excluding hydrogens is 320 g/mol. The lowest BCUT2D eigenvalue weighted by atomic mass is 10.3. The number of aromatic nitrogens is 3. The lowest BCUT2D eigenvalue weighted by Gasteiger charge is -2.34. The van der Waals surface area contributed by atoms with Crippen LogP contribution in [-0.2, 0) is 16.1 Å². The van der Waals surface area contributed by atoms with Crippen LogP contribution in [0.5, 0.6) is 0 Å². The Morgan fingerprint density at radius 3 is 2.60 bits per heavy atom. The molecule has 0 bridgehead atoms. The molecule has 132 valence electrons. The molecule has 8 heteroatoms. The molecule has 0 spiro atoms. The lowest BCUT2D eigenvalue weighted by Crippen LogP contribution is -2.51. The summed E-state index contributed by atoms with van der Waals surface area (Å²) in [5, 5.41) is 11.2. The van der Waals surface area contributed by atoms with Crippen molar-refractivity contribution in [2.45, 2.75) is 25.4 Å². The van der Waals surface area contributed by atoms with Gasteiger partial charge in [0.1, 0.15) is 12.1 Å². The van der Waals surface area contributed by atoms with Crippen molar-refractivity contribution in [1.29, 1.82) is 0 Å². The maximum absolute atomic E-state index is 12.5. The molecule has 0 radical (unpaired) electrons. The summed E-state index contributed by atoms with van der Waals surface area (Å²) >= 11 is 0. The van der Waals surface area contributed by atoms with E-state index in [0.29, 0.717) is 25.7 Å². The van der Waals surface area contributed by atoms with Crippen molar-refractivity contribution in [3.63, 3.8) is 0 Å². The predicted octanol–water partition coefficient (Wildman–Crippen LogP) is -0.146. The summed E-state index contributed by atoms with van der Waals surface area (Å²) in [4.78, 5) is 28.3. The summed E-state index contributed by atoms with van der Waals surface area (Å²) in [5.41, 5.74) is 1.66. The second-order valence-electron chi connectivity index (χ2n) is 6.73. The highest BCUT2D eigenvalue weighted by Crippen LogP contribution is 2.18. The normalized spacial score (nSPS) is 18.5. The van der Waals surface area contributed by atoms with E-state index in [-0.39, 0.29) is 18.4 Å². The molecule has 2 heterocycles. The number of rotatable bonds is 5. The van der Waals surface area contributed by atoms with Gasteiger partial charge in [0, 0.05) is 32.2 Å². The molecule has 1 aliphatic heterocycles. The van der Waals surface area contributed by atoms with Gasteiger partial charge in [-0.2, -0.15) is 0 Å². The van der Waals surface area contributed by atoms with E-state index in [1.54, 1.807) is 4.68 Å². The van der Waals surface area contributed by atoms with Gasteiger partial charge in [-0.25, -0.2) is 4.68 Å². The molecule has 1 N–H and O–H groups in total. The van der Waals surface area contributed by atoms with Crippen molar-refractivity contribution >= 4 is 22.8 Å². The van der Waals surface area contributed by atoms with Gasteiger partial charge in [-0.05, 0) is 25.0 Å². The van der Waals surface area contributed by atoms with Crippen LogP contribution in [0.1, 0.15) is 12.8 Å². The maximum Gasteiger partial charge on any atom is 0.244 e. The SMILES string of the molecule is O=C(CN1CCN(C(=O)Cn2nnc3ccccc32)CC1)NC1CC1. The number of nitrogens with zero attached hydrogens (tertiary/aromatic N) is 5. The number of nitrogens with one attached hydrogen (secondary N) is 1. The van der Waals surface area contributed by atoms with Gasteiger partial charge in [-0.1, -0.05) is 17.3 Å². The highest BCUT2D eigenvalue weighted by molar-refractivity contribution is 5.80. The number of hydrogen-bond donors (Lipinski definition) is 1. The van der Waals surface area contributed by atoms with Gasteiger partial charge in [0.25, 0.3) is 0 Å². The van der Waals surface area contributed by atoms with Gasteiger partial charge in [0.2, 0.25) is 11.8 Å². The number of hydrogen-bond acceptors (Lipinski definition) is 5. The van der Waals surface area contributed by atoms with E-state index in [9.17, 15) is 9.59 Å². The number of amides is 2. The van der Waals surface area contributed by atoms with E-state index in [1.807, 2.05) is 29.2 Å². The first-order valence-corrected chi connectivity index (χ1v) is 8.77. The van der Waals surface area contributed by atoms with Crippen LogP contribution in [0.15, 0.2) is 24.3 Å². The Hall–Kier alpha value is -2.48. The van der Waals surface area contributed by atoms with Crippen molar-refractivity contribution < 1.29 is 9.59 Å². The minimum atomic E-state index is 0.0396. The summed E-state index contributed by atoms with van der Waals surface area (Å²) in [6.07, 6.45) is 2.20. The monoisotopic (exact) mass is 342 g/mol. The molecule has 2 fully saturated rings. The van der Waals surface area contributed by atoms with Crippen molar-refractivity contribution in [3.05, 3.63) is 24.3 Å². The first kappa shape index (κ1) is 16.0. The Bertz CT molecular complexity index is 776. The molecule has 0 unspecified atom stereocenters. The van der Waals surface area contributed by atoms with E-state index in [4.69, 9.17) is 0 Å². The number of para-hydroxylation sites is 1. The van der Waals surface area contributed by atoms with Gasteiger partial charge < -0.3 is 10.2 Å². The Morgan fingerprint density at radius 2 is 1.84 bits per heavy atom. The molecule has 1 aromatic carbocycles. The van der Waals surface area contributed by atoms with Crippen LogP contribution in [0.2, 0.25) is 0 Å². The predicted molar refractivity (Wildman–Crippen MR) is 91.7 cm³/mol. The fourth-order valence-electron chi connectivity index (χ4n) is 3.12. The maximum atomic E-state index is 12.5. The molecule has 2 amide bonds. The Kier molecular flexibility index (Phi) is 4.35. The number of carbonyl (C=O) groups excluding carboxylic acids is 2. The van der Waals surface area contributed by atoms with Crippen LogP contribution < -0.4 is 5.32 Å². The number of carbonyl (C=O) groups is 2. The van der Waals surface area contributed by atoms with Crippen LogP contribution in [0, 0.1) is 0 Å². The van der Waals surface area contributed by atoms with E-state index in [2.05, 4.69) is 20.5 Å². The zero-order chi connectivity index (χ0) is 17.2. The van der Waals surface area contributed by atoms with Crippen LogP contribution in [0.25, 0.3) is 11.0 Å². The molecule has 1 saturated carbocycles. The fourth-order valence-corrected chi connectivity index (χ4v) is 3.12. The molecule has 4 rings (SSSR count). The summed E-state index contributed by atoms with van der Waals surface area (Å²) < 4.78 is 1.65. The summed E-state index contributed by atoms with van der Waals surface area (Å²) in [7, 11) is 0. The molecule has 2 aromatic rings. The van der Waals surface area contributed by atoms with Crippen molar-refractivity contribution in [2.75, 3.05) is 32.7 Å². The third kappa shape index (κ3) is 3.79. The quantitative estimate of drug-likeness (QED) is 0.817. The third-order valence-corrected chi connectivity index (χ3v) is 4.74. The van der Waals surface area contributed by atoms with Gasteiger partial charge in [-0.3, -0.25) is 14.5 Å². The first-order valence-electron chi connectivity index (χ1n) is 8.77. The number of fused-ring (bicyclic) bond motifs is 1. The molecule has 1 aliphatic carbocycles. The Morgan fingerprint density at radius 1 is 1.08 bits per heavy atom. The molecule has 1 saturated heterocycles. The lowest BCUT2D eigenvalue weighted by molar-refractivity contribution is -0.134. The second-order valence-corrected chi connectivity index (χ2v) is 6.73. The zero-order valence-electron chi connectivity index (χ0n) is 14.1. The third-order valence-electron chi connectivity index (χ3n) is 4.74. The van der Waals surface area contributed by atoms with Crippen molar-refractivity contribution in [3.8, 4) is 0 Å². The topological polar surface area (TPSA) is 83.4 Å². The van der Waals surface area contributed by atoms with E-state index >= 15 is 0 Å². The molecule has 25 heavy (non-hydrogen) atoms. The van der Waals surface area contributed by atoms with Crippen LogP contribution in [0.3, 0.4) is 0 Å². The van der Waals surface area contributed by atoms with E-state index < -0.39 is 0 Å². The second kappa shape index (κ2) is 6.79. The minimum Gasteiger partial charge on any atom is -0.352 e. The molecule has 0 atom stereocenters. The highest BCUT2D eigenvalue weighted by atomic mass is 16.2. The molecular formula is C17H22N6O2. The van der Waals surface area contributed by atoms with E-state index in [1.165, 1.54) is 0 Å². The van der Waals surface area contributed by atoms with Crippen molar-refractivity contribution in [2.24, 2.45) is 0 Å². The molecule has 8 nitrogen and oxygen atoms in total. The molecule has 2 aliphatic rings. The standard InChI is InChI=1S/C17H22N6O2/c24-16(18-13-5-6-13)11-21-7-9-22(10-8-21)17(25)12-23-15-4-2-1-3-14(15)19-20-23/h1-4,13H,5-12H2,(H,18,24). The molecule has 1 aromatic heterocycles. The average molecular weight is 342 g/mol. The van der Waals surface area contributed by atoms with Crippen LogP contribution in [-0.4, -0.2) is 75.4 Å². The Balaban J connectivity index is 1.28. The average Bonchev–Trinajstić information content (AvgIpc) is 3.34. The minimum absolute atomic E-state index is 0.0396. The zero-order valence-corrected chi connectivity index (χ0v) is 14.1. The summed E-state index contributed by atoms with van der Waals surface area (Å²) in [6, 6.07) is 8.01. The number of benzene rings is 1. The van der Waals surface area contributed by atoms with Crippen molar-refractivity contribution in [1.82, 2.24) is 30.1 Å². The highest BCUT2D eigenvalue weighted by Gasteiger charge is 2.26. The Labute approximate surface area is 145 Å². The van der Waals surface area contributed by atoms with Crippen LogP contribution in [0.4, 0.5) is 0 Å². The van der Waals surface area contributed by atoms with Gasteiger partial charge in [-0.15, -0.1) is 5.10 Å². The summed E-state index contributed by atoms with van der Waals surface area (Å²) in [5.74, 6) is 0.133. The van der Waals surface area contributed by atoms with E-state index in [0.717, 1.165) is 37.0 Å². The first-order chi connectivity index (χ1) is 12.2.